The van der Waals surface area contributed by atoms with Crippen LogP contribution < -0.4 is 0 Å². The standard InChI is InChI=1S/C10H6N2O/c11-6-2-5-9-3-1-4-10(7-9)8-12-13/h1,3-4,7-8,13H. The summed E-state index contributed by atoms with van der Waals surface area (Å²) >= 11 is 0. The van der Waals surface area contributed by atoms with Gasteiger partial charge in [0.1, 0.15) is 0 Å². The monoisotopic (exact) mass is 170 g/mol. The first kappa shape index (κ1) is 8.83. The Kier molecular flexibility index (Phi) is 3.11. The molecule has 0 aliphatic heterocycles. The molecule has 0 atom stereocenters. The lowest BCUT2D eigenvalue weighted by atomic mass is 10.1. The van der Waals surface area contributed by atoms with E-state index in [0.29, 0.717) is 0 Å². The number of nitrogens with zero attached hydrogens (tertiary/aromatic N) is 2. The summed E-state index contributed by atoms with van der Waals surface area (Å²) in [5.74, 6) is 4.92. The highest BCUT2D eigenvalue weighted by atomic mass is 16.4. The molecule has 3 heteroatoms. The van der Waals surface area contributed by atoms with Crippen molar-refractivity contribution in [2.45, 2.75) is 0 Å². The number of nitriles is 1. The summed E-state index contributed by atoms with van der Waals surface area (Å²) < 4.78 is 0. The van der Waals surface area contributed by atoms with Crippen molar-refractivity contribution in [3.63, 3.8) is 0 Å². The molecule has 0 unspecified atom stereocenters. The Balaban J connectivity index is 3.00. The summed E-state index contributed by atoms with van der Waals surface area (Å²) in [5.41, 5.74) is 1.46. The maximum atomic E-state index is 8.27. The Bertz CT molecular complexity index is 419. The summed E-state index contributed by atoms with van der Waals surface area (Å²) in [7, 11) is 0. The number of hydrogen-bond donors (Lipinski definition) is 1. The molecule has 1 aromatic rings. The molecule has 0 fully saturated rings. The molecule has 13 heavy (non-hydrogen) atoms. The predicted octanol–water partition coefficient (Wildman–Crippen LogP) is 1.37. The van der Waals surface area contributed by atoms with Crippen molar-refractivity contribution in [1.82, 2.24) is 0 Å². The van der Waals surface area contributed by atoms with Crippen LogP contribution in [0.2, 0.25) is 0 Å². The minimum absolute atomic E-state index is 0.721. The highest BCUT2D eigenvalue weighted by molar-refractivity contribution is 5.79. The highest BCUT2D eigenvalue weighted by Gasteiger charge is 1.89. The van der Waals surface area contributed by atoms with Crippen LogP contribution in [0, 0.1) is 23.2 Å². The van der Waals surface area contributed by atoms with Gasteiger partial charge in [-0.25, -0.2) is 0 Å². The van der Waals surface area contributed by atoms with Gasteiger partial charge < -0.3 is 5.21 Å². The van der Waals surface area contributed by atoms with Crippen molar-refractivity contribution in [2.75, 3.05) is 0 Å². The third kappa shape index (κ3) is 2.69. The van der Waals surface area contributed by atoms with Crippen LogP contribution in [-0.2, 0) is 0 Å². The van der Waals surface area contributed by atoms with Crippen LogP contribution in [0.25, 0.3) is 0 Å². The fraction of sp³-hybridized carbons (Fsp3) is 0. The van der Waals surface area contributed by atoms with Crippen molar-refractivity contribution < 1.29 is 5.21 Å². The molecule has 0 spiro atoms. The molecule has 0 saturated carbocycles. The van der Waals surface area contributed by atoms with Crippen molar-refractivity contribution in [3.8, 4) is 17.9 Å². The number of rotatable bonds is 1. The van der Waals surface area contributed by atoms with E-state index in [2.05, 4.69) is 17.0 Å². The molecule has 1 N–H and O–H groups in total. The van der Waals surface area contributed by atoms with E-state index in [9.17, 15) is 0 Å². The van der Waals surface area contributed by atoms with Gasteiger partial charge in [-0.05, 0) is 17.7 Å². The molecule has 0 aliphatic rings. The Labute approximate surface area is 75.9 Å². The molecule has 0 bridgehead atoms. The topological polar surface area (TPSA) is 56.4 Å². The second kappa shape index (κ2) is 4.58. The van der Waals surface area contributed by atoms with Gasteiger partial charge in [-0.15, -0.1) is 0 Å². The highest BCUT2D eigenvalue weighted by Crippen LogP contribution is 2.01. The van der Waals surface area contributed by atoms with Crippen molar-refractivity contribution in [1.29, 1.82) is 5.26 Å². The SMILES string of the molecule is N#CC#Cc1cccc(C=NO)c1. The number of hydrogen-bond acceptors (Lipinski definition) is 3. The first-order valence-electron chi connectivity index (χ1n) is 3.54. The van der Waals surface area contributed by atoms with Gasteiger partial charge in [0, 0.05) is 11.5 Å². The molecule has 3 nitrogen and oxygen atoms in total. The van der Waals surface area contributed by atoms with Gasteiger partial charge in [-0.1, -0.05) is 23.2 Å². The fourth-order valence-electron chi connectivity index (χ4n) is 0.864. The van der Waals surface area contributed by atoms with E-state index in [4.69, 9.17) is 10.5 Å². The predicted molar refractivity (Wildman–Crippen MR) is 48.3 cm³/mol. The Morgan fingerprint density at radius 2 is 2.31 bits per heavy atom. The van der Waals surface area contributed by atoms with Gasteiger partial charge in [0.25, 0.3) is 0 Å². The van der Waals surface area contributed by atoms with Crippen molar-refractivity contribution in [2.24, 2.45) is 5.16 Å². The first-order chi connectivity index (χ1) is 6.36. The lowest BCUT2D eigenvalue weighted by Crippen LogP contribution is -1.82. The summed E-state index contributed by atoms with van der Waals surface area (Å²) in [6.45, 7) is 0. The Hall–Kier alpha value is -2.26. The largest absolute Gasteiger partial charge is 0.411 e. The molecule has 0 amide bonds. The van der Waals surface area contributed by atoms with Gasteiger partial charge in [0.2, 0.25) is 0 Å². The summed E-state index contributed by atoms with van der Waals surface area (Å²) in [5, 5.41) is 19.4. The van der Waals surface area contributed by atoms with E-state index in [1.807, 2.05) is 0 Å². The maximum absolute atomic E-state index is 8.27. The number of benzene rings is 1. The van der Waals surface area contributed by atoms with Crippen molar-refractivity contribution >= 4 is 6.21 Å². The smallest absolute Gasteiger partial charge is 0.152 e. The van der Waals surface area contributed by atoms with Gasteiger partial charge in [0.15, 0.2) is 6.07 Å². The van der Waals surface area contributed by atoms with Crippen LogP contribution in [-0.4, -0.2) is 11.4 Å². The van der Waals surface area contributed by atoms with E-state index >= 15 is 0 Å². The quantitative estimate of drug-likeness (QED) is 0.299. The Morgan fingerprint density at radius 1 is 1.46 bits per heavy atom. The van der Waals surface area contributed by atoms with Crippen LogP contribution in [0.15, 0.2) is 29.4 Å². The summed E-state index contributed by atoms with van der Waals surface area (Å²) in [6, 6.07) is 8.78. The van der Waals surface area contributed by atoms with Crippen LogP contribution in [0.1, 0.15) is 11.1 Å². The molecule has 0 aliphatic carbocycles. The van der Waals surface area contributed by atoms with E-state index in [1.165, 1.54) is 6.21 Å². The van der Waals surface area contributed by atoms with Crippen LogP contribution in [0.3, 0.4) is 0 Å². The van der Waals surface area contributed by atoms with Gasteiger partial charge in [-0.3, -0.25) is 0 Å². The molecular weight excluding hydrogens is 164 g/mol. The van der Waals surface area contributed by atoms with E-state index in [-0.39, 0.29) is 0 Å². The molecule has 62 valence electrons. The van der Waals surface area contributed by atoms with Crippen molar-refractivity contribution in [3.05, 3.63) is 35.4 Å². The zero-order valence-electron chi connectivity index (χ0n) is 6.73. The molecule has 0 radical (unpaired) electrons. The number of oxime groups is 1. The molecule has 1 rings (SSSR count). The molecule has 0 heterocycles. The summed E-state index contributed by atoms with van der Waals surface area (Å²) in [4.78, 5) is 0. The third-order valence-electron chi connectivity index (χ3n) is 1.36. The van der Waals surface area contributed by atoms with E-state index < -0.39 is 0 Å². The lowest BCUT2D eigenvalue weighted by molar-refractivity contribution is 0.322. The minimum Gasteiger partial charge on any atom is -0.411 e. The van der Waals surface area contributed by atoms with E-state index in [1.54, 1.807) is 30.3 Å². The average Bonchev–Trinajstić information content (AvgIpc) is 2.16. The fourth-order valence-corrected chi connectivity index (χ4v) is 0.864. The van der Waals surface area contributed by atoms with Gasteiger partial charge in [0.05, 0.1) is 6.21 Å². The summed E-state index contributed by atoms with van der Waals surface area (Å²) in [6.07, 6.45) is 1.30. The lowest BCUT2D eigenvalue weighted by Gasteiger charge is -1.91. The molecular formula is C10H6N2O. The van der Waals surface area contributed by atoms with Crippen LogP contribution in [0.4, 0.5) is 0 Å². The maximum Gasteiger partial charge on any atom is 0.152 e. The van der Waals surface area contributed by atoms with E-state index in [0.717, 1.165) is 11.1 Å². The Morgan fingerprint density at radius 3 is 3.00 bits per heavy atom. The van der Waals surface area contributed by atoms with Crippen LogP contribution >= 0.6 is 0 Å². The average molecular weight is 170 g/mol. The van der Waals surface area contributed by atoms with Crippen LogP contribution in [0.5, 0.6) is 0 Å². The zero-order chi connectivity index (χ0) is 9.52. The second-order valence-electron chi connectivity index (χ2n) is 2.23. The third-order valence-corrected chi connectivity index (χ3v) is 1.36. The van der Waals surface area contributed by atoms with Gasteiger partial charge in [-0.2, -0.15) is 5.26 Å². The first-order valence-corrected chi connectivity index (χ1v) is 3.54. The molecule has 1 aromatic carbocycles. The molecule has 0 saturated heterocycles. The molecule has 0 aromatic heterocycles. The second-order valence-corrected chi connectivity index (χ2v) is 2.23. The van der Waals surface area contributed by atoms with Gasteiger partial charge >= 0.3 is 0 Å². The minimum atomic E-state index is 0.721. The normalized spacial score (nSPS) is 8.85. The zero-order valence-corrected chi connectivity index (χ0v) is 6.73.